The number of anilines is 1. The molecule has 0 aromatic carbocycles. The van der Waals surface area contributed by atoms with E-state index in [2.05, 4.69) is 15.2 Å². The molecule has 1 aromatic heterocycles. The average Bonchev–Trinajstić information content (AvgIpc) is 3.09. The molecule has 0 radical (unpaired) electrons. The topological polar surface area (TPSA) is 209 Å². The number of carbonyl (C=O) groups excluding carboxylic acids is 1. The first kappa shape index (κ1) is 25.3. The Hall–Kier alpha value is -2.73. The van der Waals surface area contributed by atoms with Crippen molar-refractivity contribution >= 4 is 23.8 Å². The van der Waals surface area contributed by atoms with Crippen LogP contribution in [0.15, 0.2) is 0 Å². The molecule has 1 aliphatic carbocycles. The third-order valence-electron chi connectivity index (χ3n) is 4.92. The molecule has 2 heterocycles. The van der Waals surface area contributed by atoms with Gasteiger partial charge in [0, 0.05) is 44.8 Å². The van der Waals surface area contributed by atoms with Gasteiger partial charge in [0.25, 0.3) is 11.9 Å². The Labute approximate surface area is 174 Å². The molecular weight excluding hydrogens is 396 g/mol. The highest BCUT2D eigenvalue weighted by atomic mass is 16.4. The molecule has 1 amide bonds. The number of hydrogen-bond acceptors (Lipinski definition) is 8. The highest BCUT2D eigenvalue weighted by molar-refractivity contribution is 5.79. The molecule has 2 aliphatic rings. The number of amides is 1. The summed E-state index contributed by atoms with van der Waals surface area (Å²) in [4.78, 5) is 36.7. The normalized spacial score (nSPS) is 24.0. The van der Waals surface area contributed by atoms with Crippen molar-refractivity contribution in [2.24, 2.45) is 11.7 Å². The Morgan fingerprint density at radius 3 is 2.03 bits per heavy atom. The second-order valence-corrected chi connectivity index (χ2v) is 7.46. The summed E-state index contributed by atoms with van der Waals surface area (Å²) in [6, 6.07) is -0.280. The fourth-order valence-corrected chi connectivity index (χ4v) is 3.52. The molecule has 12 heteroatoms. The molecule has 3 rings (SSSR count). The molecule has 1 aromatic rings. The molecule has 1 saturated carbocycles. The number of piperidine rings is 1. The summed E-state index contributed by atoms with van der Waals surface area (Å²) in [5, 5.41) is 31.2. The van der Waals surface area contributed by atoms with Crippen LogP contribution in [0.5, 0.6) is 0 Å². The molecule has 170 valence electrons. The van der Waals surface area contributed by atoms with Gasteiger partial charge < -0.3 is 31.7 Å². The molecule has 12 nitrogen and oxygen atoms in total. The summed E-state index contributed by atoms with van der Waals surface area (Å²) in [6.45, 7) is 3.61. The minimum absolute atomic E-state index is 0.0455. The van der Waals surface area contributed by atoms with Crippen LogP contribution in [0.4, 0.5) is 5.95 Å². The molecule has 2 fully saturated rings. The maximum atomic E-state index is 12.6. The van der Waals surface area contributed by atoms with Crippen LogP contribution in [0.3, 0.4) is 0 Å². The second-order valence-electron chi connectivity index (χ2n) is 7.46. The van der Waals surface area contributed by atoms with E-state index in [1.165, 1.54) is 0 Å². The number of nitrogens with zero attached hydrogens (tertiary/aromatic N) is 3. The maximum Gasteiger partial charge on any atom is 0.300 e. The van der Waals surface area contributed by atoms with Crippen molar-refractivity contribution in [2.75, 3.05) is 18.8 Å². The first-order valence-corrected chi connectivity index (χ1v) is 9.80. The van der Waals surface area contributed by atoms with Gasteiger partial charge in [-0.2, -0.15) is 4.98 Å². The lowest BCUT2D eigenvalue weighted by atomic mass is 9.83. The number of aliphatic hydroxyl groups is 1. The standard InChI is InChI=1S/C14H24N6O2.2C2H4O2/c15-10-7-9(1-2-11(10)21)13(22)20-5-3-8(4-6-20)12-17-14(16)19-18-12;2*1-2(3)4/h8-11,21H,1-7,15H2,(H3,16,17,18,19);2*1H3,(H,3,4)/t9-,10+,11+;;/m0../s1. The number of rotatable bonds is 2. The molecule has 8 N–H and O–H groups in total. The minimum Gasteiger partial charge on any atom is -0.481 e. The highest BCUT2D eigenvalue weighted by Crippen LogP contribution is 2.30. The first-order valence-electron chi connectivity index (χ1n) is 9.80. The van der Waals surface area contributed by atoms with Gasteiger partial charge in [-0.15, -0.1) is 5.10 Å². The van der Waals surface area contributed by atoms with E-state index < -0.39 is 18.0 Å². The Bertz CT molecular complexity index is 683. The van der Waals surface area contributed by atoms with Gasteiger partial charge >= 0.3 is 0 Å². The van der Waals surface area contributed by atoms with Crippen LogP contribution >= 0.6 is 0 Å². The lowest BCUT2D eigenvalue weighted by molar-refractivity contribution is -0.139. The Morgan fingerprint density at radius 2 is 1.60 bits per heavy atom. The number of aromatic nitrogens is 3. The van der Waals surface area contributed by atoms with Crippen molar-refractivity contribution < 1.29 is 29.7 Å². The summed E-state index contributed by atoms with van der Waals surface area (Å²) in [5.74, 6) is -0.172. The van der Waals surface area contributed by atoms with Crippen LogP contribution in [-0.4, -0.2) is 78.5 Å². The molecule has 30 heavy (non-hydrogen) atoms. The van der Waals surface area contributed by atoms with Crippen molar-refractivity contribution in [2.45, 2.75) is 64.0 Å². The molecule has 0 bridgehead atoms. The monoisotopic (exact) mass is 428 g/mol. The van der Waals surface area contributed by atoms with Crippen LogP contribution in [0.1, 0.15) is 57.7 Å². The molecular formula is C18H32N6O6. The van der Waals surface area contributed by atoms with Gasteiger partial charge in [0.1, 0.15) is 5.82 Å². The van der Waals surface area contributed by atoms with E-state index in [1.54, 1.807) is 0 Å². The summed E-state index contributed by atoms with van der Waals surface area (Å²) < 4.78 is 0. The number of aliphatic hydroxyl groups excluding tert-OH is 1. The van der Waals surface area contributed by atoms with Crippen molar-refractivity contribution in [1.29, 1.82) is 0 Å². The first-order chi connectivity index (χ1) is 14.0. The second kappa shape index (κ2) is 12.1. The lowest BCUT2D eigenvalue weighted by Crippen LogP contribution is -2.47. The number of nitrogens with one attached hydrogen (secondary N) is 1. The third-order valence-corrected chi connectivity index (χ3v) is 4.92. The zero-order valence-electron chi connectivity index (χ0n) is 17.3. The van der Waals surface area contributed by atoms with E-state index in [1.807, 2.05) is 4.90 Å². The van der Waals surface area contributed by atoms with Crippen molar-refractivity contribution in [3.05, 3.63) is 5.82 Å². The van der Waals surface area contributed by atoms with E-state index in [4.69, 9.17) is 31.3 Å². The molecule has 1 aliphatic heterocycles. The summed E-state index contributed by atoms with van der Waals surface area (Å²) >= 11 is 0. The quantitative estimate of drug-likeness (QED) is 0.364. The zero-order chi connectivity index (χ0) is 22.8. The number of carboxylic acids is 2. The van der Waals surface area contributed by atoms with Crippen molar-refractivity contribution in [1.82, 2.24) is 20.1 Å². The van der Waals surface area contributed by atoms with Gasteiger partial charge in [-0.1, -0.05) is 0 Å². The van der Waals surface area contributed by atoms with Gasteiger partial charge in [-0.25, -0.2) is 0 Å². The Morgan fingerprint density at radius 1 is 1.07 bits per heavy atom. The van der Waals surface area contributed by atoms with Gasteiger partial charge in [0.15, 0.2) is 0 Å². The molecule has 1 saturated heterocycles. The predicted octanol–water partition coefficient (Wildman–Crippen LogP) is -0.237. The van der Waals surface area contributed by atoms with Crippen LogP contribution in [0.2, 0.25) is 0 Å². The smallest absolute Gasteiger partial charge is 0.300 e. The lowest BCUT2D eigenvalue weighted by Gasteiger charge is -2.36. The fraction of sp³-hybridized carbons (Fsp3) is 0.722. The number of nitrogens with two attached hydrogens (primary N) is 2. The number of carbonyl (C=O) groups is 3. The van der Waals surface area contributed by atoms with Gasteiger partial charge in [0.05, 0.1) is 6.10 Å². The summed E-state index contributed by atoms with van der Waals surface area (Å²) in [5.41, 5.74) is 11.4. The summed E-state index contributed by atoms with van der Waals surface area (Å²) in [6.07, 6.45) is 3.19. The van der Waals surface area contributed by atoms with E-state index in [-0.39, 0.29) is 29.7 Å². The maximum absolute atomic E-state index is 12.6. The number of carboxylic acid groups (broad SMARTS) is 2. The van der Waals surface area contributed by atoms with E-state index in [9.17, 15) is 9.90 Å². The highest BCUT2D eigenvalue weighted by Gasteiger charge is 2.34. The fourth-order valence-electron chi connectivity index (χ4n) is 3.52. The summed E-state index contributed by atoms with van der Waals surface area (Å²) in [7, 11) is 0. The van der Waals surface area contributed by atoms with Crippen molar-refractivity contribution in [3.8, 4) is 0 Å². The number of hydrogen-bond donors (Lipinski definition) is 6. The minimum atomic E-state index is -0.833. The average molecular weight is 428 g/mol. The Kier molecular flexibility index (Phi) is 10.2. The number of nitrogen functional groups attached to an aromatic ring is 1. The van der Waals surface area contributed by atoms with E-state index in [0.29, 0.717) is 12.8 Å². The van der Waals surface area contributed by atoms with Gasteiger partial charge in [-0.3, -0.25) is 19.5 Å². The van der Waals surface area contributed by atoms with E-state index >= 15 is 0 Å². The van der Waals surface area contributed by atoms with Gasteiger partial charge in [0.2, 0.25) is 11.9 Å². The van der Waals surface area contributed by atoms with Crippen LogP contribution < -0.4 is 11.5 Å². The zero-order valence-corrected chi connectivity index (χ0v) is 17.3. The van der Waals surface area contributed by atoms with Crippen LogP contribution in [0.25, 0.3) is 0 Å². The number of aromatic amines is 1. The molecule has 0 unspecified atom stereocenters. The van der Waals surface area contributed by atoms with Gasteiger partial charge in [-0.05, 0) is 32.1 Å². The van der Waals surface area contributed by atoms with Crippen LogP contribution in [0, 0.1) is 5.92 Å². The molecule has 0 spiro atoms. The number of likely N-dealkylation sites (tertiary alicyclic amines) is 1. The van der Waals surface area contributed by atoms with Crippen LogP contribution in [-0.2, 0) is 14.4 Å². The largest absolute Gasteiger partial charge is 0.481 e. The molecule has 3 atom stereocenters. The third kappa shape index (κ3) is 8.74. The number of H-pyrrole nitrogens is 1. The van der Waals surface area contributed by atoms with E-state index in [0.717, 1.165) is 52.0 Å². The predicted molar refractivity (Wildman–Crippen MR) is 107 cm³/mol. The van der Waals surface area contributed by atoms with Crippen molar-refractivity contribution in [3.63, 3.8) is 0 Å². The Balaban J connectivity index is 0.000000485. The number of aliphatic carboxylic acids is 2. The SMILES string of the molecule is CC(=O)O.CC(=O)O.Nc1n[nH]c(C2CCN(C(=O)[C@H]3CC[C@@H](O)[C@H](N)C3)CC2)n1.